The van der Waals surface area contributed by atoms with Gasteiger partial charge in [0.15, 0.2) is 0 Å². The predicted octanol–water partition coefficient (Wildman–Crippen LogP) is 2.34. The quantitative estimate of drug-likeness (QED) is 0.849. The molecule has 110 valence electrons. The molecule has 0 spiro atoms. The molecule has 0 fully saturated rings. The number of benzene rings is 1. The Morgan fingerprint density at radius 3 is 2.52 bits per heavy atom. The molecule has 0 saturated heterocycles. The first kappa shape index (κ1) is 14.6. The van der Waals surface area contributed by atoms with Gasteiger partial charge in [-0.2, -0.15) is 0 Å². The Morgan fingerprint density at radius 2 is 1.90 bits per heavy atom. The van der Waals surface area contributed by atoms with Gasteiger partial charge in [0.25, 0.3) is 5.91 Å². The van der Waals surface area contributed by atoms with Crippen LogP contribution in [0.4, 0.5) is 5.69 Å². The number of anilines is 1. The molecule has 6 nitrogen and oxygen atoms in total. The fourth-order valence-corrected chi connectivity index (χ4v) is 1.66. The fourth-order valence-electron chi connectivity index (χ4n) is 1.66. The van der Waals surface area contributed by atoms with Gasteiger partial charge in [0, 0.05) is 0 Å². The van der Waals surface area contributed by atoms with E-state index in [4.69, 9.17) is 20.9 Å². The van der Waals surface area contributed by atoms with Crippen LogP contribution < -0.4 is 20.9 Å². The van der Waals surface area contributed by atoms with E-state index in [-0.39, 0.29) is 11.4 Å². The van der Waals surface area contributed by atoms with Crippen molar-refractivity contribution in [1.29, 1.82) is 0 Å². The van der Waals surface area contributed by atoms with Gasteiger partial charge in [-0.1, -0.05) is 6.92 Å². The number of hydrogen-bond acceptors (Lipinski definition) is 5. The minimum absolute atomic E-state index is 0.124. The smallest absolute Gasteiger partial charge is 0.254 e. The monoisotopic (exact) mass is 287 g/mol. The van der Waals surface area contributed by atoms with E-state index >= 15 is 0 Å². The number of primary amides is 1. The molecule has 0 aliphatic heterocycles. The zero-order valence-electron chi connectivity index (χ0n) is 11.7. The molecule has 1 heterocycles. The van der Waals surface area contributed by atoms with Crippen LogP contribution in [0.2, 0.25) is 0 Å². The molecule has 4 N–H and O–H groups in total. The largest absolute Gasteiger partial charge is 0.494 e. The van der Waals surface area contributed by atoms with Crippen molar-refractivity contribution >= 4 is 11.6 Å². The Balaban J connectivity index is 2.16. The number of hydrogen-bond donors (Lipinski definition) is 2. The van der Waals surface area contributed by atoms with Crippen LogP contribution in [-0.4, -0.2) is 17.5 Å². The zero-order valence-corrected chi connectivity index (χ0v) is 11.7. The SMILES string of the molecule is CCCOc1ccc(Oc2ncc(N)cc2C(N)=O)cc1. The van der Waals surface area contributed by atoms with Gasteiger partial charge >= 0.3 is 0 Å². The summed E-state index contributed by atoms with van der Waals surface area (Å²) in [6, 6.07) is 8.46. The molecule has 21 heavy (non-hydrogen) atoms. The average Bonchev–Trinajstić information content (AvgIpc) is 2.48. The van der Waals surface area contributed by atoms with Crippen molar-refractivity contribution in [1.82, 2.24) is 4.98 Å². The summed E-state index contributed by atoms with van der Waals surface area (Å²) in [6.07, 6.45) is 2.34. The molecule has 2 rings (SSSR count). The van der Waals surface area contributed by atoms with E-state index in [0.29, 0.717) is 18.0 Å². The summed E-state index contributed by atoms with van der Waals surface area (Å²) in [5.74, 6) is 0.759. The van der Waals surface area contributed by atoms with Crippen LogP contribution in [0, 0.1) is 0 Å². The topological polar surface area (TPSA) is 100 Å². The minimum atomic E-state index is -0.646. The maximum absolute atomic E-state index is 11.4. The number of nitrogens with two attached hydrogens (primary N) is 2. The third kappa shape index (κ3) is 3.85. The normalized spacial score (nSPS) is 10.1. The van der Waals surface area contributed by atoms with Crippen LogP contribution >= 0.6 is 0 Å². The molecule has 2 aromatic rings. The standard InChI is InChI=1S/C15H17N3O3/c1-2-7-20-11-3-5-12(6-4-11)21-15-13(14(17)19)8-10(16)9-18-15/h3-6,8-9H,2,7,16H2,1H3,(H2,17,19). The number of carbonyl (C=O) groups excluding carboxylic acids is 1. The van der Waals surface area contributed by atoms with Crippen LogP contribution in [0.15, 0.2) is 36.5 Å². The maximum atomic E-state index is 11.4. The number of ether oxygens (including phenoxy) is 2. The Bertz CT molecular complexity index is 627. The number of carbonyl (C=O) groups is 1. The van der Waals surface area contributed by atoms with Gasteiger partial charge in [-0.25, -0.2) is 4.98 Å². The van der Waals surface area contributed by atoms with Crippen LogP contribution in [-0.2, 0) is 0 Å². The number of nitrogen functional groups attached to an aromatic ring is 1. The Labute approximate surface area is 122 Å². The summed E-state index contributed by atoms with van der Waals surface area (Å²) in [6.45, 7) is 2.70. The highest BCUT2D eigenvalue weighted by Crippen LogP contribution is 2.26. The number of pyridine rings is 1. The summed E-state index contributed by atoms with van der Waals surface area (Å²) in [5.41, 5.74) is 11.4. The molecule has 0 radical (unpaired) electrons. The third-order valence-electron chi connectivity index (χ3n) is 2.65. The first-order valence-corrected chi connectivity index (χ1v) is 6.56. The van der Waals surface area contributed by atoms with E-state index < -0.39 is 5.91 Å². The lowest BCUT2D eigenvalue weighted by Crippen LogP contribution is -2.13. The second kappa shape index (κ2) is 6.60. The molecule has 6 heteroatoms. The Kier molecular flexibility index (Phi) is 4.61. The Morgan fingerprint density at radius 1 is 1.24 bits per heavy atom. The lowest BCUT2D eigenvalue weighted by molar-refractivity contribution is 0.0997. The predicted molar refractivity (Wildman–Crippen MR) is 79.5 cm³/mol. The highest BCUT2D eigenvalue weighted by atomic mass is 16.5. The fraction of sp³-hybridized carbons (Fsp3) is 0.200. The summed E-state index contributed by atoms with van der Waals surface area (Å²) in [7, 11) is 0. The highest BCUT2D eigenvalue weighted by Gasteiger charge is 2.12. The van der Waals surface area contributed by atoms with E-state index in [1.54, 1.807) is 24.3 Å². The number of aromatic nitrogens is 1. The van der Waals surface area contributed by atoms with E-state index in [9.17, 15) is 4.79 Å². The van der Waals surface area contributed by atoms with Crippen LogP contribution in [0.25, 0.3) is 0 Å². The number of nitrogens with zero attached hydrogens (tertiary/aromatic N) is 1. The molecule has 0 aliphatic carbocycles. The van der Waals surface area contributed by atoms with Gasteiger partial charge in [-0.3, -0.25) is 4.79 Å². The first-order chi connectivity index (χ1) is 10.1. The van der Waals surface area contributed by atoms with Gasteiger partial charge in [-0.15, -0.1) is 0 Å². The molecular formula is C15H17N3O3. The lowest BCUT2D eigenvalue weighted by atomic mass is 10.2. The van der Waals surface area contributed by atoms with Crippen molar-refractivity contribution in [3.05, 3.63) is 42.1 Å². The number of rotatable bonds is 6. The van der Waals surface area contributed by atoms with Crippen molar-refractivity contribution in [2.24, 2.45) is 5.73 Å². The van der Waals surface area contributed by atoms with Gasteiger partial charge < -0.3 is 20.9 Å². The van der Waals surface area contributed by atoms with Crippen molar-refractivity contribution < 1.29 is 14.3 Å². The first-order valence-electron chi connectivity index (χ1n) is 6.56. The molecule has 1 aromatic heterocycles. The third-order valence-corrected chi connectivity index (χ3v) is 2.65. The van der Waals surface area contributed by atoms with Crippen LogP contribution in [0.1, 0.15) is 23.7 Å². The van der Waals surface area contributed by atoms with Crippen molar-refractivity contribution in [2.45, 2.75) is 13.3 Å². The summed E-state index contributed by atoms with van der Waals surface area (Å²) in [4.78, 5) is 15.4. The second-order valence-corrected chi connectivity index (χ2v) is 4.41. The van der Waals surface area contributed by atoms with Crippen LogP contribution in [0.5, 0.6) is 17.4 Å². The molecule has 0 aliphatic rings. The van der Waals surface area contributed by atoms with Crippen molar-refractivity contribution in [3.8, 4) is 17.4 Å². The van der Waals surface area contributed by atoms with Gasteiger partial charge in [0.2, 0.25) is 5.88 Å². The van der Waals surface area contributed by atoms with E-state index in [2.05, 4.69) is 4.98 Å². The number of amides is 1. The molecule has 1 aromatic carbocycles. The van der Waals surface area contributed by atoms with Gasteiger partial charge in [0.05, 0.1) is 18.5 Å². The molecule has 0 unspecified atom stereocenters. The van der Waals surface area contributed by atoms with Gasteiger partial charge in [-0.05, 0) is 36.8 Å². The summed E-state index contributed by atoms with van der Waals surface area (Å²) < 4.78 is 11.0. The second-order valence-electron chi connectivity index (χ2n) is 4.41. The Hall–Kier alpha value is -2.76. The summed E-state index contributed by atoms with van der Waals surface area (Å²) >= 11 is 0. The molecular weight excluding hydrogens is 270 g/mol. The summed E-state index contributed by atoms with van der Waals surface area (Å²) in [5, 5.41) is 0. The minimum Gasteiger partial charge on any atom is -0.494 e. The molecule has 1 amide bonds. The van der Waals surface area contributed by atoms with Crippen molar-refractivity contribution in [3.63, 3.8) is 0 Å². The zero-order chi connectivity index (χ0) is 15.2. The molecule has 0 saturated carbocycles. The van der Waals surface area contributed by atoms with E-state index in [1.165, 1.54) is 12.3 Å². The maximum Gasteiger partial charge on any atom is 0.254 e. The van der Waals surface area contributed by atoms with E-state index in [0.717, 1.165) is 12.2 Å². The highest BCUT2D eigenvalue weighted by molar-refractivity contribution is 5.95. The average molecular weight is 287 g/mol. The van der Waals surface area contributed by atoms with Gasteiger partial charge in [0.1, 0.15) is 17.1 Å². The van der Waals surface area contributed by atoms with Crippen molar-refractivity contribution in [2.75, 3.05) is 12.3 Å². The van der Waals surface area contributed by atoms with E-state index in [1.807, 2.05) is 6.92 Å². The molecule has 0 bridgehead atoms. The lowest BCUT2D eigenvalue weighted by Gasteiger charge is -2.09. The molecule has 0 atom stereocenters. The van der Waals surface area contributed by atoms with Crippen LogP contribution in [0.3, 0.4) is 0 Å².